The van der Waals surface area contributed by atoms with Crippen LogP contribution in [-0.2, 0) is 16.6 Å². The minimum absolute atomic E-state index is 0.180. The van der Waals surface area contributed by atoms with Crippen LogP contribution in [0.5, 0.6) is 0 Å². The van der Waals surface area contributed by atoms with Gasteiger partial charge in [-0.05, 0) is 19.8 Å². The van der Waals surface area contributed by atoms with Crippen molar-refractivity contribution < 1.29 is 12.9 Å². The van der Waals surface area contributed by atoms with Crippen LogP contribution in [0.25, 0.3) is 0 Å². The molecule has 6 nitrogen and oxygen atoms in total. The van der Waals surface area contributed by atoms with Crippen molar-refractivity contribution in [2.75, 3.05) is 31.9 Å². The lowest BCUT2D eigenvalue weighted by molar-refractivity contribution is 0.166. The third kappa shape index (κ3) is 4.14. The molecule has 0 spiro atoms. The standard InChI is InChI=1S/C16H27N3O3S/c1-2-23(20,21)19-10-8-18(9-11-19)13-15-12-16(17-22-15)14-6-4-3-5-7-14/h12,14H,2-11,13H2,1H3. The molecule has 23 heavy (non-hydrogen) atoms. The fraction of sp³-hybridized carbons (Fsp3) is 0.812. The molecular weight excluding hydrogens is 314 g/mol. The molecule has 1 aromatic rings. The zero-order chi connectivity index (χ0) is 16.3. The zero-order valence-corrected chi connectivity index (χ0v) is 14.7. The molecule has 1 aromatic heterocycles. The number of nitrogens with zero attached hydrogens (tertiary/aromatic N) is 3. The molecule has 0 radical (unpaired) electrons. The van der Waals surface area contributed by atoms with Gasteiger partial charge in [0.1, 0.15) is 0 Å². The van der Waals surface area contributed by atoms with Gasteiger partial charge in [-0.3, -0.25) is 4.90 Å². The Bertz CT molecular complexity index is 600. The van der Waals surface area contributed by atoms with E-state index in [4.69, 9.17) is 4.52 Å². The molecule has 2 fully saturated rings. The van der Waals surface area contributed by atoms with E-state index in [1.165, 1.54) is 32.1 Å². The highest BCUT2D eigenvalue weighted by Crippen LogP contribution is 2.32. The normalized spacial score (nSPS) is 22.5. The average molecular weight is 341 g/mol. The maximum atomic E-state index is 11.9. The fourth-order valence-electron chi connectivity index (χ4n) is 3.56. The van der Waals surface area contributed by atoms with Crippen molar-refractivity contribution in [2.45, 2.75) is 51.5 Å². The molecule has 0 unspecified atom stereocenters. The molecule has 0 atom stereocenters. The summed E-state index contributed by atoms with van der Waals surface area (Å²) < 4.78 is 30.9. The van der Waals surface area contributed by atoms with Crippen LogP contribution in [0.15, 0.2) is 10.6 Å². The molecule has 3 rings (SSSR count). The maximum absolute atomic E-state index is 11.9. The second-order valence-electron chi connectivity index (χ2n) is 6.63. The summed E-state index contributed by atoms with van der Waals surface area (Å²) >= 11 is 0. The molecule has 130 valence electrons. The van der Waals surface area contributed by atoms with Gasteiger partial charge in [0, 0.05) is 38.2 Å². The SMILES string of the molecule is CCS(=O)(=O)N1CCN(Cc2cc(C3CCCCC3)no2)CC1. The van der Waals surface area contributed by atoms with Crippen LogP contribution in [0, 0.1) is 0 Å². The smallest absolute Gasteiger partial charge is 0.213 e. The van der Waals surface area contributed by atoms with Crippen LogP contribution in [0.4, 0.5) is 0 Å². The third-order valence-corrected chi connectivity index (χ3v) is 6.95. The Kier molecular flexibility index (Phi) is 5.38. The van der Waals surface area contributed by atoms with Gasteiger partial charge in [-0.25, -0.2) is 8.42 Å². The summed E-state index contributed by atoms with van der Waals surface area (Å²) in [6, 6.07) is 2.10. The van der Waals surface area contributed by atoms with E-state index in [2.05, 4.69) is 16.1 Å². The monoisotopic (exact) mass is 341 g/mol. The molecule has 0 amide bonds. The maximum Gasteiger partial charge on any atom is 0.213 e. The largest absolute Gasteiger partial charge is 0.360 e. The average Bonchev–Trinajstić information content (AvgIpc) is 3.05. The second-order valence-corrected chi connectivity index (χ2v) is 8.89. The van der Waals surface area contributed by atoms with E-state index in [1.807, 2.05) is 0 Å². The highest BCUT2D eigenvalue weighted by molar-refractivity contribution is 7.89. The Morgan fingerprint density at radius 1 is 1.17 bits per heavy atom. The first-order valence-electron chi connectivity index (χ1n) is 8.74. The van der Waals surface area contributed by atoms with E-state index >= 15 is 0 Å². The summed E-state index contributed by atoms with van der Waals surface area (Å²) in [6.07, 6.45) is 6.37. The van der Waals surface area contributed by atoms with Gasteiger partial charge in [0.25, 0.3) is 0 Å². The minimum atomic E-state index is -3.06. The Labute approximate surface area is 138 Å². The van der Waals surface area contributed by atoms with Crippen molar-refractivity contribution >= 4 is 10.0 Å². The van der Waals surface area contributed by atoms with Gasteiger partial charge in [0.2, 0.25) is 10.0 Å². The van der Waals surface area contributed by atoms with Crippen LogP contribution in [0.1, 0.15) is 56.4 Å². The Balaban J connectivity index is 1.52. The van der Waals surface area contributed by atoms with Gasteiger partial charge in [-0.15, -0.1) is 0 Å². The van der Waals surface area contributed by atoms with Gasteiger partial charge in [-0.2, -0.15) is 4.31 Å². The van der Waals surface area contributed by atoms with E-state index in [1.54, 1.807) is 11.2 Å². The molecule has 0 aromatic carbocycles. The molecule has 1 saturated heterocycles. The van der Waals surface area contributed by atoms with E-state index in [9.17, 15) is 8.42 Å². The van der Waals surface area contributed by atoms with Gasteiger partial charge in [-0.1, -0.05) is 24.4 Å². The van der Waals surface area contributed by atoms with E-state index in [0.717, 1.165) is 31.1 Å². The first-order chi connectivity index (χ1) is 11.1. The molecule has 1 aliphatic carbocycles. The van der Waals surface area contributed by atoms with Crippen molar-refractivity contribution in [1.82, 2.24) is 14.4 Å². The fourth-order valence-corrected chi connectivity index (χ4v) is 4.65. The number of aromatic nitrogens is 1. The van der Waals surface area contributed by atoms with Crippen molar-refractivity contribution in [2.24, 2.45) is 0 Å². The first-order valence-corrected chi connectivity index (χ1v) is 10.3. The lowest BCUT2D eigenvalue weighted by Crippen LogP contribution is -2.48. The van der Waals surface area contributed by atoms with Gasteiger partial charge in [0.15, 0.2) is 5.76 Å². The van der Waals surface area contributed by atoms with E-state index < -0.39 is 10.0 Å². The molecule has 2 aliphatic rings. The number of hydrogen-bond acceptors (Lipinski definition) is 5. The van der Waals surface area contributed by atoms with Crippen LogP contribution >= 0.6 is 0 Å². The molecule has 0 bridgehead atoms. The Hall–Kier alpha value is -0.920. The van der Waals surface area contributed by atoms with Crippen LogP contribution in [0.3, 0.4) is 0 Å². The number of rotatable bonds is 5. The van der Waals surface area contributed by atoms with Crippen LogP contribution < -0.4 is 0 Å². The first kappa shape index (κ1) is 16.9. The molecule has 1 aliphatic heterocycles. The quantitative estimate of drug-likeness (QED) is 0.821. The van der Waals surface area contributed by atoms with Crippen molar-refractivity contribution in [3.8, 4) is 0 Å². The molecule has 1 saturated carbocycles. The van der Waals surface area contributed by atoms with Gasteiger partial charge in [0.05, 0.1) is 18.0 Å². The van der Waals surface area contributed by atoms with Gasteiger partial charge >= 0.3 is 0 Å². The number of sulfonamides is 1. The number of piperazine rings is 1. The molecule has 2 heterocycles. The minimum Gasteiger partial charge on any atom is -0.360 e. The Morgan fingerprint density at radius 2 is 1.87 bits per heavy atom. The van der Waals surface area contributed by atoms with Crippen molar-refractivity contribution in [1.29, 1.82) is 0 Å². The summed E-state index contributed by atoms with van der Waals surface area (Å²) in [4.78, 5) is 2.24. The highest BCUT2D eigenvalue weighted by atomic mass is 32.2. The number of hydrogen-bond donors (Lipinski definition) is 0. The second kappa shape index (κ2) is 7.32. The lowest BCUT2D eigenvalue weighted by atomic mass is 9.87. The summed E-state index contributed by atoms with van der Waals surface area (Å²) in [5, 5.41) is 4.26. The highest BCUT2D eigenvalue weighted by Gasteiger charge is 2.26. The van der Waals surface area contributed by atoms with Gasteiger partial charge < -0.3 is 4.52 Å². The van der Waals surface area contributed by atoms with Crippen LogP contribution in [0.2, 0.25) is 0 Å². The van der Waals surface area contributed by atoms with Crippen molar-refractivity contribution in [3.63, 3.8) is 0 Å². The van der Waals surface area contributed by atoms with Crippen molar-refractivity contribution in [3.05, 3.63) is 17.5 Å². The predicted molar refractivity (Wildman–Crippen MR) is 88.6 cm³/mol. The predicted octanol–water partition coefficient (Wildman–Crippen LogP) is 2.19. The summed E-state index contributed by atoms with van der Waals surface area (Å²) in [5.74, 6) is 1.64. The van der Waals surface area contributed by atoms with E-state index in [0.29, 0.717) is 19.0 Å². The topological polar surface area (TPSA) is 66.7 Å². The Morgan fingerprint density at radius 3 is 2.52 bits per heavy atom. The molecular formula is C16H27N3O3S. The molecule has 7 heteroatoms. The summed E-state index contributed by atoms with van der Waals surface area (Å²) in [7, 11) is -3.06. The molecule has 0 N–H and O–H groups in total. The third-order valence-electron chi connectivity index (χ3n) is 5.07. The van der Waals surface area contributed by atoms with Crippen LogP contribution in [-0.4, -0.2) is 54.7 Å². The van der Waals surface area contributed by atoms with E-state index in [-0.39, 0.29) is 5.75 Å². The summed E-state index contributed by atoms with van der Waals surface area (Å²) in [5.41, 5.74) is 1.10. The lowest BCUT2D eigenvalue weighted by Gasteiger charge is -2.33. The zero-order valence-electron chi connectivity index (χ0n) is 13.9. The summed E-state index contributed by atoms with van der Waals surface area (Å²) in [6.45, 7) is 5.06.